The van der Waals surface area contributed by atoms with Crippen LogP contribution in [0.25, 0.3) is 0 Å². The lowest BCUT2D eigenvalue weighted by atomic mass is 10.3. The second-order valence-electron chi connectivity index (χ2n) is 2.35. The largest absolute Gasteiger partial charge is 0.387 e. The van der Waals surface area contributed by atoms with E-state index in [1.54, 1.807) is 6.92 Å². The predicted molar refractivity (Wildman–Crippen MR) is 48.4 cm³/mol. The van der Waals surface area contributed by atoms with Gasteiger partial charge in [-0.15, -0.1) is 0 Å². The highest BCUT2D eigenvalue weighted by atomic mass is 35.5. The third kappa shape index (κ3) is 2.20. The van der Waals surface area contributed by atoms with Crippen LogP contribution in [-0.2, 0) is 0 Å². The van der Waals surface area contributed by atoms with Crippen LogP contribution in [0.1, 0.15) is 6.92 Å². The smallest absolute Gasteiger partial charge is 0.148 e. The van der Waals surface area contributed by atoms with E-state index < -0.39 is 5.82 Å². The SMILES string of the molecule is CC(N)=Nc1cc(Cl)ccc1F. The van der Waals surface area contributed by atoms with Gasteiger partial charge in [0.05, 0.1) is 5.84 Å². The molecule has 0 amide bonds. The van der Waals surface area contributed by atoms with Crippen LogP contribution < -0.4 is 5.73 Å². The molecule has 0 radical (unpaired) electrons. The maximum Gasteiger partial charge on any atom is 0.148 e. The molecule has 1 aromatic carbocycles. The molecule has 12 heavy (non-hydrogen) atoms. The minimum Gasteiger partial charge on any atom is -0.387 e. The second-order valence-corrected chi connectivity index (χ2v) is 2.79. The Morgan fingerprint density at radius 1 is 1.58 bits per heavy atom. The highest BCUT2D eigenvalue weighted by molar-refractivity contribution is 6.30. The first-order valence-electron chi connectivity index (χ1n) is 3.35. The van der Waals surface area contributed by atoms with Crippen molar-refractivity contribution in [1.82, 2.24) is 0 Å². The lowest BCUT2D eigenvalue weighted by Gasteiger charge is -1.97. The van der Waals surface area contributed by atoms with Crippen LogP contribution in [0.5, 0.6) is 0 Å². The molecular formula is C8H8ClFN2. The first-order chi connectivity index (χ1) is 5.59. The maximum absolute atomic E-state index is 12.9. The van der Waals surface area contributed by atoms with Crippen molar-refractivity contribution in [2.75, 3.05) is 0 Å². The molecule has 0 aliphatic heterocycles. The molecule has 0 heterocycles. The van der Waals surface area contributed by atoms with Gasteiger partial charge < -0.3 is 5.73 Å². The molecule has 1 rings (SSSR count). The van der Waals surface area contributed by atoms with Crippen LogP contribution in [0.15, 0.2) is 23.2 Å². The Kier molecular flexibility index (Phi) is 2.65. The van der Waals surface area contributed by atoms with Gasteiger partial charge in [-0.05, 0) is 25.1 Å². The highest BCUT2D eigenvalue weighted by Crippen LogP contribution is 2.21. The van der Waals surface area contributed by atoms with Crippen molar-refractivity contribution in [1.29, 1.82) is 0 Å². The van der Waals surface area contributed by atoms with Crippen molar-refractivity contribution in [2.45, 2.75) is 6.92 Å². The quantitative estimate of drug-likeness (QED) is 0.531. The zero-order valence-electron chi connectivity index (χ0n) is 6.51. The van der Waals surface area contributed by atoms with Gasteiger partial charge in [0.15, 0.2) is 0 Å². The molecule has 2 N–H and O–H groups in total. The Labute approximate surface area is 74.9 Å². The number of amidine groups is 1. The van der Waals surface area contributed by atoms with Crippen LogP contribution in [0.4, 0.5) is 10.1 Å². The summed E-state index contributed by atoms with van der Waals surface area (Å²) in [7, 11) is 0. The van der Waals surface area contributed by atoms with E-state index in [4.69, 9.17) is 17.3 Å². The fourth-order valence-corrected chi connectivity index (χ4v) is 0.928. The van der Waals surface area contributed by atoms with Gasteiger partial charge in [0.1, 0.15) is 11.5 Å². The average Bonchev–Trinajstić information content (AvgIpc) is 1.96. The summed E-state index contributed by atoms with van der Waals surface area (Å²) in [5.74, 6) is -0.125. The molecule has 0 aliphatic carbocycles. The molecule has 0 atom stereocenters. The van der Waals surface area contributed by atoms with Crippen molar-refractivity contribution in [3.63, 3.8) is 0 Å². The molecule has 0 unspecified atom stereocenters. The van der Waals surface area contributed by atoms with Gasteiger partial charge in [0, 0.05) is 5.02 Å². The van der Waals surface area contributed by atoms with Gasteiger partial charge in [-0.3, -0.25) is 0 Å². The molecule has 4 heteroatoms. The van der Waals surface area contributed by atoms with E-state index in [-0.39, 0.29) is 5.69 Å². The van der Waals surface area contributed by atoms with Crippen molar-refractivity contribution in [3.8, 4) is 0 Å². The molecule has 0 saturated carbocycles. The van der Waals surface area contributed by atoms with E-state index in [2.05, 4.69) is 4.99 Å². The minimum atomic E-state index is -0.427. The van der Waals surface area contributed by atoms with Crippen molar-refractivity contribution in [2.24, 2.45) is 10.7 Å². The number of hydrogen-bond donors (Lipinski definition) is 1. The van der Waals surface area contributed by atoms with E-state index in [9.17, 15) is 4.39 Å². The standard InChI is InChI=1S/C8H8ClFN2/c1-5(11)12-8-4-6(9)2-3-7(8)10/h2-4H,1H3,(H2,11,12). The zero-order valence-corrected chi connectivity index (χ0v) is 7.27. The van der Waals surface area contributed by atoms with E-state index >= 15 is 0 Å². The Hall–Kier alpha value is -1.09. The van der Waals surface area contributed by atoms with Crippen LogP contribution in [0.2, 0.25) is 5.02 Å². The van der Waals surface area contributed by atoms with Gasteiger partial charge in [-0.2, -0.15) is 0 Å². The predicted octanol–water partition coefficient (Wildman–Crippen LogP) is 2.49. The number of benzene rings is 1. The second kappa shape index (κ2) is 3.54. The number of aliphatic imine (C=N–C) groups is 1. The van der Waals surface area contributed by atoms with Crippen LogP contribution in [-0.4, -0.2) is 5.84 Å². The molecule has 2 nitrogen and oxygen atoms in total. The summed E-state index contributed by atoms with van der Waals surface area (Å²) in [5, 5.41) is 0.441. The topological polar surface area (TPSA) is 38.4 Å². The summed E-state index contributed by atoms with van der Waals surface area (Å²) < 4.78 is 12.9. The van der Waals surface area contributed by atoms with Gasteiger partial charge >= 0.3 is 0 Å². The lowest BCUT2D eigenvalue weighted by molar-refractivity contribution is 0.630. The third-order valence-electron chi connectivity index (χ3n) is 1.20. The molecule has 1 aromatic rings. The number of halogens is 2. The highest BCUT2D eigenvalue weighted by Gasteiger charge is 2.00. The normalized spacial score (nSPS) is 11.8. The van der Waals surface area contributed by atoms with Gasteiger partial charge in [0.25, 0.3) is 0 Å². The van der Waals surface area contributed by atoms with E-state index in [1.807, 2.05) is 0 Å². The third-order valence-corrected chi connectivity index (χ3v) is 1.44. The minimum absolute atomic E-state index is 0.169. The summed E-state index contributed by atoms with van der Waals surface area (Å²) in [6.07, 6.45) is 0. The number of rotatable bonds is 1. The molecule has 0 aromatic heterocycles. The van der Waals surface area contributed by atoms with Crippen LogP contribution in [0, 0.1) is 5.82 Å². The Morgan fingerprint density at radius 2 is 2.25 bits per heavy atom. The summed E-state index contributed by atoms with van der Waals surface area (Å²) in [6, 6.07) is 4.14. The van der Waals surface area contributed by atoms with E-state index in [1.165, 1.54) is 18.2 Å². The van der Waals surface area contributed by atoms with Gasteiger partial charge in [-0.1, -0.05) is 11.6 Å². The average molecular weight is 187 g/mol. The number of nitrogens with two attached hydrogens (primary N) is 1. The molecule has 64 valence electrons. The zero-order chi connectivity index (χ0) is 9.14. The van der Waals surface area contributed by atoms with Gasteiger partial charge in [-0.25, -0.2) is 9.38 Å². The Balaban J connectivity index is 3.14. The fourth-order valence-electron chi connectivity index (χ4n) is 0.761. The summed E-state index contributed by atoms with van der Waals surface area (Å²) in [6.45, 7) is 1.58. The summed E-state index contributed by atoms with van der Waals surface area (Å²) in [4.78, 5) is 3.75. The van der Waals surface area contributed by atoms with Crippen molar-refractivity contribution < 1.29 is 4.39 Å². The first-order valence-corrected chi connectivity index (χ1v) is 3.73. The summed E-state index contributed by atoms with van der Waals surface area (Å²) >= 11 is 5.62. The molecule has 0 saturated heterocycles. The summed E-state index contributed by atoms with van der Waals surface area (Å²) in [5.41, 5.74) is 5.45. The van der Waals surface area contributed by atoms with Crippen molar-refractivity contribution in [3.05, 3.63) is 29.0 Å². The van der Waals surface area contributed by atoms with E-state index in [0.29, 0.717) is 10.9 Å². The maximum atomic E-state index is 12.9. The lowest BCUT2D eigenvalue weighted by Crippen LogP contribution is -2.04. The fraction of sp³-hybridized carbons (Fsp3) is 0.125. The molecule has 0 aliphatic rings. The van der Waals surface area contributed by atoms with E-state index in [0.717, 1.165) is 0 Å². The monoisotopic (exact) mass is 186 g/mol. The molecule has 0 fully saturated rings. The molecular weight excluding hydrogens is 179 g/mol. The van der Waals surface area contributed by atoms with Crippen LogP contribution in [0.3, 0.4) is 0 Å². The van der Waals surface area contributed by atoms with Crippen molar-refractivity contribution >= 4 is 23.1 Å². The molecule has 0 bridgehead atoms. The first kappa shape index (κ1) is 9.00. The van der Waals surface area contributed by atoms with Gasteiger partial charge in [0.2, 0.25) is 0 Å². The number of nitrogens with zero attached hydrogens (tertiary/aromatic N) is 1. The number of hydrogen-bond acceptors (Lipinski definition) is 1. The van der Waals surface area contributed by atoms with Crippen LogP contribution >= 0.6 is 11.6 Å². The molecule has 0 spiro atoms. The Bertz CT molecular complexity index is 319. The Morgan fingerprint density at radius 3 is 2.83 bits per heavy atom.